The number of hydrogen-bond donors (Lipinski definition) is 0. The lowest BCUT2D eigenvalue weighted by Crippen LogP contribution is -2.32. The molecule has 0 bridgehead atoms. The summed E-state index contributed by atoms with van der Waals surface area (Å²) in [7, 11) is -1.56. The van der Waals surface area contributed by atoms with Crippen molar-refractivity contribution in [2.45, 2.75) is 137 Å². The van der Waals surface area contributed by atoms with E-state index in [4.69, 9.17) is 9.05 Å². The summed E-state index contributed by atoms with van der Waals surface area (Å²) in [6.45, 7) is 13.4. The maximum Gasteiger partial charge on any atom is 0.457 e. The van der Waals surface area contributed by atoms with Crippen molar-refractivity contribution in [1.82, 2.24) is 9.80 Å². The Labute approximate surface area is 211 Å². The zero-order chi connectivity index (χ0) is 25.3. The maximum absolute atomic E-state index is 13.6. The summed E-state index contributed by atoms with van der Waals surface area (Å²) >= 11 is 0. The molecule has 0 aromatic carbocycles. The highest BCUT2D eigenvalue weighted by atomic mass is 31.2. The van der Waals surface area contributed by atoms with Gasteiger partial charge in [-0.25, -0.2) is 4.57 Å². The maximum atomic E-state index is 13.6. The third kappa shape index (κ3) is 14.7. The Morgan fingerprint density at radius 1 is 0.794 bits per heavy atom. The monoisotopic (exact) mass is 501 g/mol. The molecule has 0 saturated carbocycles. The van der Waals surface area contributed by atoms with Crippen LogP contribution in [0.5, 0.6) is 0 Å². The predicted molar refractivity (Wildman–Crippen MR) is 147 cm³/mol. The number of likely N-dealkylation sites (N-methyl/N-ethyl adjacent to an activating group) is 1. The van der Waals surface area contributed by atoms with Crippen molar-refractivity contribution in [3.05, 3.63) is 0 Å². The van der Waals surface area contributed by atoms with E-state index >= 15 is 0 Å². The lowest BCUT2D eigenvalue weighted by molar-refractivity contribution is 0.0938. The largest absolute Gasteiger partial charge is 0.457 e. The first-order valence-electron chi connectivity index (χ1n) is 14.2. The van der Waals surface area contributed by atoms with Crippen LogP contribution >= 0.6 is 7.75 Å². The van der Waals surface area contributed by atoms with E-state index in [-0.39, 0.29) is 0 Å². The van der Waals surface area contributed by atoms with Crippen molar-refractivity contribution >= 4 is 13.7 Å². The minimum absolute atomic E-state index is 0.427. The van der Waals surface area contributed by atoms with Crippen LogP contribution in [0.3, 0.4) is 0 Å². The average Bonchev–Trinajstić information content (AvgIpc) is 3.09. The smallest absolute Gasteiger partial charge is 0.344 e. The quantitative estimate of drug-likeness (QED) is 0.124. The van der Waals surface area contributed by atoms with Gasteiger partial charge in [0.05, 0.1) is 12.2 Å². The fourth-order valence-electron chi connectivity index (χ4n) is 4.27. The fourth-order valence-corrected chi connectivity index (χ4v) is 5.97. The standard InChI is InChI=1S/C27H56N3O3P/c1-7-9-11-13-14-15-16-17-18-20-22-30-24-23-29(6)26(30)28-34(31,33-27(3,4)5)32-25-21-19-12-10-8-2/h7-25H2,1-6H3. The summed E-state index contributed by atoms with van der Waals surface area (Å²) in [6.07, 6.45) is 18.9. The highest BCUT2D eigenvalue weighted by molar-refractivity contribution is 7.52. The Bertz CT molecular complexity index is 592. The summed E-state index contributed by atoms with van der Waals surface area (Å²) in [4.78, 5) is 4.34. The molecule has 1 heterocycles. The second kappa shape index (κ2) is 17.8. The third-order valence-electron chi connectivity index (χ3n) is 6.21. The van der Waals surface area contributed by atoms with Crippen LogP contribution in [-0.4, -0.2) is 54.6 Å². The SMILES string of the molecule is CCCCCCCCCCCCN1CCN(C)C1=NP(=O)(OCCCCCCC)OC(C)(C)C. The Hall–Kier alpha value is -0.580. The molecular formula is C27H56N3O3P. The minimum Gasteiger partial charge on any atom is -0.344 e. The van der Waals surface area contributed by atoms with E-state index in [9.17, 15) is 4.57 Å². The molecule has 0 N–H and O–H groups in total. The molecule has 1 fully saturated rings. The van der Waals surface area contributed by atoms with Gasteiger partial charge in [-0.15, -0.1) is 4.76 Å². The molecule has 1 unspecified atom stereocenters. The lowest BCUT2D eigenvalue weighted by atomic mass is 10.1. The molecule has 0 aliphatic carbocycles. The van der Waals surface area contributed by atoms with Gasteiger partial charge in [-0.2, -0.15) is 0 Å². The zero-order valence-electron chi connectivity index (χ0n) is 23.4. The molecule has 1 saturated heterocycles. The molecule has 1 atom stereocenters. The number of nitrogens with zero attached hydrogens (tertiary/aromatic N) is 3. The zero-order valence-corrected chi connectivity index (χ0v) is 24.3. The van der Waals surface area contributed by atoms with Crippen LogP contribution in [-0.2, 0) is 13.6 Å². The first-order chi connectivity index (χ1) is 16.2. The van der Waals surface area contributed by atoms with Crippen molar-refractivity contribution in [3.63, 3.8) is 0 Å². The van der Waals surface area contributed by atoms with Gasteiger partial charge in [-0.3, -0.25) is 9.05 Å². The summed E-state index contributed by atoms with van der Waals surface area (Å²) < 4.78 is 30.0. The fraction of sp³-hybridized carbons (Fsp3) is 0.963. The summed E-state index contributed by atoms with van der Waals surface area (Å²) in [5.74, 6) is 0.759. The topological polar surface area (TPSA) is 54.4 Å². The van der Waals surface area contributed by atoms with Gasteiger partial charge < -0.3 is 9.80 Å². The van der Waals surface area contributed by atoms with Crippen molar-refractivity contribution in [2.75, 3.05) is 33.3 Å². The number of unbranched alkanes of at least 4 members (excludes halogenated alkanes) is 13. The summed E-state index contributed by atoms with van der Waals surface area (Å²) in [6, 6.07) is 0. The second-order valence-electron chi connectivity index (χ2n) is 10.9. The number of hydrogen-bond acceptors (Lipinski definition) is 3. The Morgan fingerprint density at radius 2 is 1.29 bits per heavy atom. The molecule has 1 rings (SSSR count). The molecule has 0 amide bonds. The van der Waals surface area contributed by atoms with E-state index in [1.807, 2.05) is 27.8 Å². The van der Waals surface area contributed by atoms with E-state index in [1.165, 1.54) is 77.0 Å². The first-order valence-corrected chi connectivity index (χ1v) is 15.7. The van der Waals surface area contributed by atoms with Gasteiger partial charge in [-0.05, 0) is 33.6 Å². The highest BCUT2D eigenvalue weighted by Gasteiger charge is 2.35. The molecule has 0 radical (unpaired) electrons. The van der Waals surface area contributed by atoms with Gasteiger partial charge in [0.25, 0.3) is 0 Å². The molecule has 202 valence electrons. The molecule has 1 aliphatic rings. The van der Waals surface area contributed by atoms with Crippen LogP contribution < -0.4 is 0 Å². The average molecular weight is 502 g/mol. The molecule has 7 heteroatoms. The van der Waals surface area contributed by atoms with Crippen molar-refractivity contribution in [1.29, 1.82) is 0 Å². The van der Waals surface area contributed by atoms with Crippen LogP contribution in [0.4, 0.5) is 0 Å². The molecule has 0 aromatic heterocycles. The van der Waals surface area contributed by atoms with E-state index < -0.39 is 13.3 Å². The minimum atomic E-state index is -3.58. The van der Waals surface area contributed by atoms with Crippen LogP contribution in [0.2, 0.25) is 0 Å². The van der Waals surface area contributed by atoms with E-state index in [0.29, 0.717) is 6.61 Å². The van der Waals surface area contributed by atoms with Gasteiger partial charge >= 0.3 is 7.75 Å². The van der Waals surface area contributed by atoms with Crippen LogP contribution in [0, 0.1) is 0 Å². The molecule has 0 aromatic rings. The second-order valence-corrected chi connectivity index (χ2v) is 12.5. The van der Waals surface area contributed by atoms with Gasteiger partial charge in [0, 0.05) is 26.7 Å². The summed E-state index contributed by atoms with van der Waals surface area (Å²) in [5.41, 5.74) is -0.583. The van der Waals surface area contributed by atoms with Crippen molar-refractivity contribution < 1.29 is 13.6 Å². The number of rotatable bonds is 20. The Balaban J connectivity index is 2.54. The molecule has 6 nitrogen and oxygen atoms in total. The first kappa shape index (κ1) is 31.4. The van der Waals surface area contributed by atoms with E-state index in [1.54, 1.807) is 0 Å². The van der Waals surface area contributed by atoms with Crippen molar-refractivity contribution in [3.8, 4) is 0 Å². The third-order valence-corrected chi connectivity index (χ3v) is 7.93. The van der Waals surface area contributed by atoms with Crippen LogP contribution in [0.25, 0.3) is 0 Å². The Kier molecular flexibility index (Phi) is 16.5. The van der Waals surface area contributed by atoms with Crippen molar-refractivity contribution in [2.24, 2.45) is 4.76 Å². The van der Waals surface area contributed by atoms with Crippen LogP contribution in [0.15, 0.2) is 4.76 Å². The van der Waals surface area contributed by atoms with Crippen LogP contribution in [0.1, 0.15) is 131 Å². The lowest BCUT2D eigenvalue weighted by Gasteiger charge is -2.27. The molecular weight excluding hydrogens is 445 g/mol. The van der Waals surface area contributed by atoms with Gasteiger partial charge in [0.1, 0.15) is 0 Å². The molecule has 0 spiro atoms. The Morgan fingerprint density at radius 3 is 1.82 bits per heavy atom. The normalized spacial score (nSPS) is 17.6. The predicted octanol–water partition coefficient (Wildman–Crippen LogP) is 8.42. The summed E-state index contributed by atoms with van der Waals surface area (Å²) in [5, 5.41) is 0. The van der Waals surface area contributed by atoms with E-state index in [0.717, 1.165) is 44.9 Å². The van der Waals surface area contributed by atoms with Gasteiger partial charge in [0.15, 0.2) is 0 Å². The van der Waals surface area contributed by atoms with Gasteiger partial charge in [-0.1, -0.05) is 97.3 Å². The highest BCUT2D eigenvalue weighted by Crippen LogP contribution is 2.53. The van der Waals surface area contributed by atoms with Gasteiger partial charge in [0.2, 0.25) is 5.96 Å². The van der Waals surface area contributed by atoms with E-state index in [2.05, 4.69) is 28.4 Å². The number of guanidine groups is 1. The molecule has 34 heavy (non-hydrogen) atoms. The molecule has 1 aliphatic heterocycles.